The maximum Gasteiger partial charge on any atom is 0.0900 e. The number of aryl methyl sites for hydroxylation is 2. The molecule has 1 heterocycles. The minimum absolute atomic E-state index is 0.455. The molecule has 102 valence electrons. The highest BCUT2D eigenvalue weighted by Crippen LogP contribution is 2.26. The van der Waals surface area contributed by atoms with Crippen molar-refractivity contribution in [1.82, 2.24) is 9.78 Å². The van der Waals surface area contributed by atoms with Crippen molar-refractivity contribution in [3.8, 4) is 0 Å². The van der Waals surface area contributed by atoms with Gasteiger partial charge < -0.3 is 4.74 Å². The molecule has 0 aromatic carbocycles. The lowest BCUT2D eigenvalue weighted by Crippen LogP contribution is -2.17. The molecular weight excluding hydrogens is 292 g/mol. The van der Waals surface area contributed by atoms with Crippen LogP contribution in [-0.4, -0.2) is 15.9 Å². The Bertz CT molecular complexity index is 383. The van der Waals surface area contributed by atoms with Gasteiger partial charge in [-0.05, 0) is 42.1 Å². The molecule has 1 aliphatic rings. The van der Waals surface area contributed by atoms with Crippen molar-refractivity contribution in [2.24, 2.45) is 0 Å². The van der Waals surface area contributed by atoms with Crippen LogP contribution in [0.15, 0.2) is 4.47 Å². The Balaban J connectivity index is 2.01. The van der Waals surface area contributed by atoms with Gasteiger partial charge in [-0.1, -0.05) is 26.2 Å². The maximum absolute atomic E-state index is 6.06. The van der Waals surface area contributed by atoms with Crippen LogP contribution in [0.1, 0.15) is 57.3 Å². The number of nitrogens with zero attached hydrogens (tertiary/aromatic N) is 2. The number of halogens is 1. The molecule has 0 amide bonds. The third-order valence-electron chi connectivity index (χ3n) is 3.70. The average molecular weight is 315 g/mol. The summed E-state index contributed by atoms with van der Waals surface area (Å²) >= 11 is 3.66. The van der Waals surface area contributed by atoms with E-state index in [1.165, 1.54) is 37.8 Å². The Labute approximate surface area is 118 Å². The summed E-state index contributed by atoms with van der Waals surface area (Å²) in [6.45, 7) is 5.86. The number of aromatic nitrogens is 2. The molecule has 0 N–H and O–H groups in total. The molecular formula is C14H23BrN2O. The summed E-state index contributed by atoms with van der Waals surface area (Å²) in [6, 6.07) is 0. The first-order chi connectivity index (χ1) is 8.76. The van der Waals surface area contributed by atoms with Gasteiger partial charge in [0.2, 0.25) is 0 Å². The summed E-state index contributed by atoms with van der Waals surface area (Å²) in [5.41, 5.74) is 2.33. The molecule has 1 saturated carbocycles. The number of hydrogen-bond acceptors (Lipinski definition) is 2. The van der Waals surface area contributed by atoms with Gasteiger partial charge in [0.15, 0.2) is 0 Å². The van der Waals surface area contributed by atoms with Crippen molar-refractivity contribution in [2.75, 3.05) is 0 Å². The molecule has 1 aromatic rings. The number of rotatable bonds is 5. The molecule has 4 heteroatoms. The predicted octanol–water partition coefficient (Wildman–Crippen LogP) is 4.08. The molecule has 0 saturated heterocycles. The second-order valence-electron chi connectivity index (χ2n) is 4.95. The fourth-order valence-corrected chi connectivity index (χ4v) is 3.26. The molecule has 1 aliphatic carbocycles. The number of hydrogen-bond donors (Lipinski definition) is 0. The zero-order valence-electron chi connectivity index (χ0n) is 11.4. The zero-order chi connectivity index (χ0) is 13.0. The van der Waals surface area contributed by atoms with Crippen molar-refractivity contribution in [3.05, 3.63) is 15.9 Å². The lowest BCUT2D eigenvalue weighted by molar-refractivity contribution is 0.0133. The fraction of sp³-hybridized carbons (Fsp3) is 0.786. The van der Waals surface area contributed by atoms with Crippen LogP contribution in [0, 0.1) is 0 Å². The third kappa shape index (κ3) is 3.15. The molecule has 0 radical (unpaired) electrons. The van der Waals surface area contributed by atoms with E-state index < -0.39 is 0 Å². The topological polar surface area (TPSA) is 27.1 Å². The summed E-state index contributed by atoms with van der Waals surface area (Å²) < 4.78 is 9.26. The predicted molar refractivity (Wildman–Crippen MR) is 76.6 cm³/mol. The van der Waals surface area contributed by atoms with Crippen LogP contribution in [0.2, 0.25) is 0 Å². The monoisotopic (exact) mass is 314 g/mol. The van der Waals surface area contributed by atoms with Gasteiger partial charge in [-0.15, -0.1) is 0 Å². The molecule has 0 atom stereocenters. The van der Waals surface area contributed by atoms with Gasteiger partial charge in [0.1, 0.15) is 0 Å². The van der Waals surface area contributed by atoms with Crippen molar-refractivity contribution in [2.45, 2.75) is 71.6 Å². The highest BCUT2D eigenvalue weighted by molar-refractivity contribution is 9.10. The van der Waals surface area contributed by atoms with E-state index in [0.717, 1.165) is 23.1 Å². The minimum atomic E-state index is 0.455. The molecule has 0 aliphatic heterocycles. The second kappa shape index (κ2) is 6.71. The van der Waals surface area contributed by atoms with Crippen molar-refractivity contribution in [3.63, 3.8) is 0 Å². The molecule has 0 unspecified atom stereocenters. The van der Waals surface area contributed by atoms with E-state index in [2.05, 4.69) is 39.6 Å². The Hall–Kier alpha value is -0.350. The lowest BCUT2D eigenvalue weighted by Gasteiger charge is -2.22. The summed E-state index contributed by atoms with van der Waals surface area (Å²) in [6.07, 6.45) is 7.87. The molecule has 1 fully saturated rings. The molecule has 0 bridgehead atoms. The van der Waals surface area contributed by atoms with E-state index in [4.69, 9.17) is 4.74 Å². The second-order valence-corrected chi connectivity index (χ2v) is 5.74. The van der Waals surface area contributed by atoms with Gasteiger partial charge in [0.25, 0.3) is 0 Å². The van der Waals surface area contributed by atoms with E-state index in [0.29, 0.717) is 12.7 Å². The molecule has 1 aromatic heterocycles. The molecule has 2 rings (SSSR count). The summed E-state index contributed by atoms with van der Waals surface area (Å²) in [7, 11) is 0. The van der Waals surface area contributed by atoms with Gasteiger partial charge in [0, 0.05) is 6.54 Å². The van der Waals surface area contributed by atoms with Crippen molar-refractivity contribution in [1.29, 1.82) is 0 Å². The zero-order valence-corrected chi connectivity index (χ0v) is 13.0. The van der Waals surface area contributed by atoms with E-state index in [-0.39, 0.29) is 0 Å². The summed E-state index contributed by atoms with van der Waals surface area (Å²) in [5, 5.41) is 4.60. The first-order valence-corrected chi connectivity index (χ1v) is 7.91. The van der Waals surface area contributed by atoms with Crippen LogP contribution in [-0.2, 0) is 24.3 Å². The minimum Gasteiger partial charge on any atom is -0.372 e. The van der Waals surface area contributed by atoms with Crippen LogP contribution in [0.3, 0.4) is 0 Å². The number of ether oxygens (including phenoxy) is 1. The summed E-state index contributed by atoms with van der Waals surface area (Å²) in [5.74, 6) is 0. The van der Waals surface area contributed by atoms with Crippen molar-refractivity contribution >= 4 is 15.9 Å². The largest absolute Gasteiger partial charge is 0.372 e. The summed E-state index contributed by atoms with van der Waals surface area (Å²) in [4.78, 5) is 0. The van der Waals surface area contributed by atoms with Crippen LogP contribution in [0.5, 0.6) is 0 Å². The van der Waals surface area contributed by atoms with Crippen molar-refractivity contribution < 1.29 is 4.74 Å². The van der Waals surface area contributed by atoms with Gasteiger partial charge in [-0.3, -0.25) is 4.68 Å². The highest BCUT2D eigenvalue weighted by atomic mass is 79.9. The van der Waals surface area contributed by atoms with Crippen LogP contribution >= 0.6 is 15.9 Å². The van der Waals surface area contributed by atoms with E-state index in [9.17, 15) is 0 Å². The van der Waals surface area contributed by atoms with Gasteiger partial charge in [0.05, 0.1) is 28.6 Å². The Morgan fingerprint density at radius 2 is 2.00 bits per heavy atom. The third-order valence-corrected chi connectivity index (χ3v) is 4.62. The fourth-order valence-electron chi connectivity index (χ4n) is 2.58. The highest BCUT2D eigenvalue weighted by Gasteiger charge is 2.18. The lowest BCUT2D eigenvalue weighted by atomic mass is 9.98. The van der Waals surface area contributed by atoms with Crippen LogP contribution in [0.25, 0.3) is 0 Å². The van der Waals surface area contributed by atoms with Gasteiger partial charge >= 0.3 is 0 Å². The smallest absolute Gasteiger partial charge is 0.0900 e. The van der Waals surface area contributed by atoms with Crippen LogP contribution < -0.4 is 0 Å². The Morgan fingerprint density at radius 1 is 1.28 bits per heavy atom. The van der Waals surface area contributed by atoms with Crippen LogP contribution in [0.4, 0.5) is 0 Å². The standard InChI is InChI=1S/C14H23BrN2O/c1-3-12-14(15)13(17(4-2)16-12)10-18-11-8-6-5-7-9-11/h11H,3-10H2,1-2H3. The first kappa shape index (κ1) is 14.1. The maximum atomic E-state index is 6.06. The van der Waals surface area contributed by atoms with E-state index in [1.807, 2.05) is 0 Å². The van der Waals surface area contributed by atoms with Gasteiger partial charge in [-0.25, -0.2) is 0 Å². The average Bonchev–Trinajstić information content (AvgIpc) is 2.73. The van der Waals surface area contributed by atoms with E-state index in [1.54, 1.807) is 0 Å². The Morgan fingerprint density at radius 3 is 2.61 bits per heavy atom. The molecule has 3 nitrogen and oxygen atoms in total. The quantitative estimate of drug-likeness (QED) is 0.819. The SMILES string of the molecule is CCc1nn(CC)c(COC2CCCCC2)c1Br. The van der Waals surface area contributed by atoms with E-state index >= 15 is 0 Å². The Kier molecular flexibility index (Phi) is 5.25. The normalized spacial score (nSPS) is 17.3. The first-order valence-electron chi connectivity index (χ1n) is 7.11. The van der Waals surface area contributed by atoms with Gasteiger partial charge in [-0.2, -0.15) is 5.10 Å². The molecule has 18 heavy (non-hydrogen) atoms. The molecule has 0 spiro atoms.